The van der Waals surface area contributed by atoms with E-state index in [1.54, 1.807) is 27.9 Å². The lowest BCUT2D eigenvalue weighted by Crippen LogP contribution is -2.59. The number of rotatable bonds is 16. The Kier molecular flexibility index (Phi) is 18.1. The smallest absolute Gasteiger partial charge is 0.246 e. The van der Waals surface area contributed by atoms with Crippen LogP contribution in [0.1, 0.15) is 128 Å². The number of hydrogen-bond acceptors (Lipinski definition) is 10. The van der Waals surface area contributed by atoms with Crippen LogP contribution in [0.4, 0.5) is 0 Å². The summed E-state index contributed by atoms with van der Waals surface area (Å²) < 4.78 is 0. The van der Waals surface area contributed by atoms with Crippen molar-refractivity contribution >= 4 is 47.3 Å². The Morgan fingerprint density at radius 2 is 0.917 bits per heavy atom. The van der Waals surface area contributed by atoms with Gasteiger partial charge in [0.2, 0.25) is 47.3 Å². The molecule has 2 aromatic carbocycles. The maximum atomic E-state index is 14.6. The van der Waals surface area contributed by atoms with Crippen LogP contribution in [0.2, 0.25) is 0 Å². The molecule has 10 atom stereocenters. The third kappa shape index (κ3) is 13.5. The molecule has 0 aromatic heterocycles. The van der Waals surface area contributed by atoms with Gasteiger partial charge in [0.1, 0.15) is 24.2 Å². The number of benzene rings is 2. The zero-order chi connectivity index (χ0) is 52.7. The summed E-state index contributed by atoms with van der Waals surface area (Å²) in [5.74, 6) is -3.70. The first-order valence-corrected chi connectivity index (χ1v) is 25.6. The van der Waals surface area contributed by atoms with E-state index in [4.69, 9.17) is 0 Å². The van der Waals surface area contributed by atoms with Crippen LogP contribution in [0.5, 0.6) is 0 Å². The van der Waals surface area contributed by atoms with Gasteiger partial charge in [0.05, 0.1) is 24.2 Å². The van der Waals surface area contributed by atoms with Gasteiger partial charge in [-0.25, -0.2) is 0 Å². The molecular formula is C54H78N10O8. The Morgan fingerprint density at radius 3 is 1.26 bits per heavy atom. The summed E-state index contributed by atoms with van der Waals surface area (Å²) in [6, 6.07) is 8.91. The molecule has 18 nitrogen and oxygen atoms in total. The van der Waals surface area contributed by atoms with E-state index < -0.39 is 82.8 Å². The van der Waals surface area contributed by atoms with Crippen LogP contribution in [-0.2, 0) is 51.2 Å². The molecule has 2 aliphatic heterocycles. The first-order chi connectivity index (χ1) is 34.0. The van der Waals surface area contributed by atoms with Crippen molar-refractivity contribution in [3.63, 3.8) is 0 Å². The molecule has 8 N–H and O–H groups in total. The lowest BCUT2D eigenvalue weighted by molar-refractivity contribution is -0.144. The normalized spacial score (nSPS) is 23.6. The first-order valence-electron chi connectivity index (χ1n) is 25.6. The summed E-state index contributed by atoms with van der Waals surface area (Å²) in [5, 5.41) is 23.7. The summed E-state index contributed by atoms with van der Waals surface area (Å²) in [4.78, 5) is 114. The van der Waals surface area contributed by atoms with E-state index in [1.807, 2.05) is 77.9 Å². The van der Waals surface area contributed by atoms with Crippen molar-refractivity contribution in [2.24, 2.45) is 10.8 Å². The highest BCUT2D eigenvalue weighted by molar-refractivity contribution is 5.98. The monoisotopic (exact) mass is 995 g/mol. The van der Waals surface area contributed by atoms with Crippen LogP contribution in [0.15, 0.2) is 60.7 Å². The SMILES string of the molecule is CN[C@@H](C)C(=O)N[C@H](C(=O)N1C[C@@H](NC(=O)C=CC(=O)N[C@H]2C[C@@H](C(=O)N[C@@H]3CCCc4ccccc43)N(C(=O)[C@@H](NC(=O)[C@H](C)NC)C(C)(C)C)C2)C[C@H]1C(=O)N[C@@H]1CCCc2ccccc21)C(C)(C)C. The van der Waals surface area contributed by atoms with E-state index >= 15 is 0 Å². The maximum absolute atomic E-state index is 14.6. The van der Waals surface area contributed by atoms with Crippen LogP contribution < -0.4 is 42.5 Å². The van der Waals surface area contributed by atoms with Crippen molar-refractivity contribution in [2.75, 3.05) is 27.2 Å². The molecule has 0 spiro atoms. The molecule has 0 unspecified atom stereocenters. The van der Waals surface area contributed by atoms with Gasteiger partial charge in [-0.05, 0) is 112 Å². The number of carbonyl (C=O) groups excluding carboxylic acids is 8. The fourth-order valence-electron chi connectivity index (χ4n) is 10.3. The Balaban J connectivity index is 1.17. The molecule has 2 fully saturated rings. The van der Waals surface area contributed by atoms with E-state index in [2.05, 4.69) is 54.7 Å². The Hall–Kier alpha value is -6.14. The highest BCUT2D eigenvalue weighted by atomic mass is 16.2. The number of likely N-dealkylation sites (tertiary alicyclic amines) is 2. The molecule has 2 aromatic rings. The lowest BCUT2D eigenvalue weighted by Gasteiger charge is -2.36. The molecule has 392 valence electrons. The van der Waals surface area contributed by atoms with Gasteiger partial charge >= 0.3 is 0 Å². The fraction of sp³-hybridized carbons (Fsp3) is 0.593. The lowest BCUT2D eigenvalue weighted by atomic mass is 9.85. The fourth-order valence-corrected chi connectivity index (χ4v) is 10.3. The van der Waals surface area contributed by atoms with Crippen molar-refractivity contribution < 1.29 is 38.4 Å². The predicted octanol–water partition coefficient (Wildman–Crippen LogP) is 2.38. The molecule has 2 saturated heterocycles. The largest absolute Gasteiger partial charge is 0.348 e. The van der Waals surface area contributed by atoms with Gasteiger partial charge in [0.25, 0.3) is 0 Å². The molecule has 4 aliphatic rings. The van der Waals surface area contributed by atoms with Crippen LogP contribution in [-0.4, -0.2) is 133 Å². The average Bonchev–Trinajstić information content (AvgIpc) is 3.97. The van der Waals surface area contributed by atoms with Crippen LogP contribution >= 0.6 is 0 Å². The van der Waals surface area contributed by atoms with Gasteiger partial charge in [0.15, 0.2) is 0 Å². The third-order valence-corrected chi connectivity index (χ3v) is 14.7. The number of carbonyl (C=O) groups is 8. The first kappa shape index (κ1) is 55.2. The van der Waals surface area contributed by atoms with Gasteiger partial charge < -0.3 is 52.3 Å². The number of hydrogen-bond donors (Lipinski definition) is 8. The van der Waals surface area contributed by atoms with Crippen LogP contribution in [0.25, 0.3) is 0 Å². The second-order valence-corrected chi connectivity index (χ2v) is 22.2. The third-order valence-electron chi connectivity index (χ3n) is 14.7. The van der Waals surface area contributed by atoms with E-state index in [0.717, 1.165) is 72.9 Å². The molecule has 18 heteroatoms. The molecule has 2 aliphatic carbocycles. The second kappa shape index (κ2) is 23.6. The number of amides is 8. The quantitative estimate of drug-likeness (QED) is 0.114. The molecule has 0 bridgehead atoms. The minimum absolute atomic E-state index is 0.0281. The topological polar surface area (TPSA) is 239 Å². The average molecular weight is 995 g/mol. The molecule has 72 heavy (non-hydrogen) atoms. The zero-order valence-corrected chi connectivity index (χ0v) is 43.8. The molecule has 0 radical (unpaired) electrons. The van der Waals surface area contributed by atoms with E-state index in [0.29, 0.717) is 0 Å². The van der Waals surface area contributed by atoms with Crippen LogP contribution in [0.3, 0.4) is 0 Å². The van der Waals surface area contributed by atoms with Gasteiger partial charge in [-0.15, -0.1) is 0 Å². The van der Waals surface area contributed by atoms with E-state index in [-0.39, 0.29) is 61.6 Å². The summed E-state index contributed by atoms with van der Waals surface area (Å²) in [7, 11) is 3.29. The van der Waals surface area contributed by atoms with E-state index in [1.165, 1.54) is 9.80 Å². The Labute approximate surface area is 424 Å². The van der Waals surface area contributed by atoms with Gasteiger partial charge in [0, 0.05) is 37.3 Å². The minimum Gasteiger partial charge on any atom is -0.348 e. The van der Waals surface area contributed by atoms with Crippen molar-refractivity contribution in [2.45, 2.75) is 167 Å². The number of aryl methyl sites for hydroxylation is 2. The highest BCUT2D eigenvalue weighted by Crippen LogP contribution is 2.33. The molecule has 8 amide bonds. The Morgan fingerprint density at radius 1 is 0.556 bits per heavy atom. The van der Waals surface area contributed by atoms with Crippen molar-refractivity contribution in [3.05, 3.63) is 82.9 Å². The molecule has 6 rings (SSSR count). The minimum atomic E-state index is -0.999. The van der Waals surface area contributed by atoms with E-state index in [9.17, 15) is 38.4 Å². The highest BCUT2D eigenvalue weighted by Gasteiger charge is 2.48. The van der Waals surface area contributed by atoms with Crippen LogP contribution in [0, 0.1) is 10.8 Å². The summed E-state index contributed by atoms with van der Waals surface area (Å²) in [6.45, 7) is 14.3. The summed E-state index contributed by atoms with van der Waals surface area (Å²) in [5.41, 5.74) is 2.88. The Bertz CT molecular complexity index is 2210. The number of nitrogens with one attached hydrogen (secondary N) is 8. The molecule has 0 saturated carbocycles. The second-order valence-electron chi connectivity index (χ2n) is 22.2. The molecular weight excluding hydrogens is 917 g/mol. The maximum Gasteiger partial charge on any atom is 0.246 e. The van der Waals surface area contributed by atoms with Gasteiger partial charge in [-0.3, -0.25) is 38.4 Å². The number of fused-ring (bicyclic) bond motifs is 2. The van der Waals surface area contributed by atoms with Crippen molar-refractivity contribution in [1.29, 1.82) is 0 Å². The standard InChI is InChI=1S/C54H78N10O8/c1-31(55-9)47(67)61-45(53(3,4)5)51(71)63-29-35(27-41(63)49(69)59-39-23-15-19-33-17-11-13-21-37(33)39)57-43(65)25-26-44(66)58-36-28-42(50(70)60-40-24-16-20-34-18-12-14-22-38(34)40)64(30-36)52(72)46(54(6,7)8)62-48(68)32(2)56-10/h11-14,17-18,21-22,25-26,31-32,35-36,39-42,45-46,55-56H,15-16,19-20,23-24,27-30H2,1-10H3,(H,57,65)(H,58,66)(H,59,69)(H,60,70)(H,61,67)(H,62,68)/t31-,32-,35-,36-,39+,40+,41-,42-,45+,46+/m0/s1. The predicted molar refractivity (Wildman–Crippen MR) is 274 cm³/mol. The number of nitrogens with zero attached hydrogens (tertiary/aromatic N) is 2. The summed E-state index contributed by atoms with van der Waals surface area (Å²) in [6.07, 6.45) is 7.32. The van der Waals surface area contributed by atoms with Crippen molar-refractivity contribution in [3.8, 4) is 0 Å². The van der Waals surface area contributed by atoms with Gasteiger partial charge in [-0.1, -0.05) is 90.1 Å². The number of likely N-dealkylation sites (N-methyl/N-ethyl adjacent to an activating group) is 2. The zero-order valence-electron chi connectivity index (χ0n) is 43.8. The van der Waals surface area contributed by atoms with Gasteiger partial charge in [-0.2, -0.15) is 0 Å². The van der Waals surface area contributed by atoms with Crippen molar-refractivity contribution in [1.82, 2.24) is 52.3 Å². The summed E-state index contributed by atoms with van der Waals surface area (Å²) >= 11 is 0. The molecule has 2 heterocycles.